The average molecular weight is 543 g/mol. The number of fused-ring (bicyclic) bond motifs is 1. The first kappa shape index (κ1) is 25.3. The molecule has 0 saturated carbocycles. The van der Waals surface area contributed by atoms with Crippen molar-refractivity contribution in [3.05, 3.63) is 135 Å². The second-order valence-corrected chi connectivity index (χ2v) is 9.20. The first-order chi connectivity index (χ1) is 18.5. The third-order valence-corrected chi connectivity index (χ3v) is 6.32. The van der Waals surface area contributed by atoms with E-state index in [0.29, 0.717) is 44.5 Å². The summed E-state index contributed by atoms with van der Waals surface area (Å²) < 4.78 is 16.8. The van der Waals surface area contributed by atoms with E-state index < -0.39 is 5.97 Å². The summed E-state index contributed by atoms with van der Waals surface area (Å²) in [6, 6.07) is 26.4. The van der Waals surface area contributed by atoms with Gasteiger partial charge >= 0.3 is 5.97 Å². The van der Waals surface area contributed by atoms with Crippen LogP contribution in [0.5, 0.6) is 11.5 Å². The van der Waals surface area contributed by atoms with E-state index in [-0.39, 0.29) is 11.2 Å². The van der Waals surface area contributed by atoms with Crippen LogP contribution in [0.25, 0.3) is 28.2 Å². The van der Waals surface area contributed by atoms with Gasteiger partial charge in [-0.05, 0) is 59.7 Å². The molecule has 0 atom stereocenters. The van der Waals surface area contributed by atoms with Crippen LogP contribution in [-0.2, 0) is 11.4 Å². The molecule has 0 saturated heterocycles. The number of benzene rings is 4. The number of hydrogen-bond acceptors (Lipinski definition) is 5. The van der Waals surface area contributed by atoms with Crippen LogP contribution >= 0.6 is 23.2 Å². The third kappa shape index (κ3) is 5.97. The molecule has 0 aliphatic carbocycles. The highest BCUT2D eigenvalue weighted by atomic mass is 35.5. The molecule has 1 heterocycles. The second-order valence-electron chi connectivity index (χ2n) is 8.35. The standard InChI is InChI=1S/C31H20Cl2O5/c32-22-10-5-21(6-11-22)18-36-23-12-7-20(8-13-23)9-16-30(34)38-24-14-15-26-29(17-24)37-19-27(31(26)35)25-3-1-2-4-28(25)33/h1-17,19H,18H2/b16-9+. The Labute approximate surface area is 228 Å². The molecule has 4 aromatic carbocycles. The van der Waals surface area contributed by atoms with Crippen molar-refractivity contribution in [3.63, 3.8) is 0 Å². The number of esters is 1. The molecule has 0 amide bonds. The van der Waals surface area contributed by atoms with Crippen molar-refractivity contribution in [2.45, 2.75) is 6.61 Å². The van der Waals surface area contributed by atoms with E-state index in [1.165, 1.54) is 18.4 Å². The highest BCUT2D eigenvalue weighted by Gasteiger charge is 2.13. The maximum Gasteiger partial charge on any atom is 0.336 e. The summed E-state index contributed by atoms with van der Waals surface area (Å²) in [6.45, 7) is 0.422. The average Bonchev–Trinajstić information content (AvgIpc) is 2.93. The molecule has 5 nitrogen and oxygen atoms in total. The first-order valence-electron chi connectivity index (χ1n) is 11.6. The lowest BCUT2D eigenvalue weighted by Crippen LogP contribution is -2.06. The van der Waals surface area contributed by atoms with Gasteiger partial charge in [-0.3, -0.25) is 4.79 Å². The zero-order chi connectivity index (χ0) is 26.5. The predicted octanol–water partition coefficient (Wildman–Crippen LogP) is 7.96. The van der Waals surface area contributed by atoms with Gasteiger partial charge in [-0.15, -0.1) is 0 Å². The molecule has 0 radical (unpaired) electrons. The zero-order valence-electron chi connectivity index (χ0n) is 19.9. The summed E-state index contributed by atoms with van der Waals surface area (Å²) in [7, 11) is 0. The van der Waals surface area contributed by atoms with Crippen molar-refractivity contribution in [2.75, 3.05) is 0 Å². The van der Waals surface area contributed by atoms with Crippen LogP contribution < -0.4 is 14.9 Å². The summed E-state index contributed by atoms with van der Waals surface area (Å²) >= 11 is 12.1. The van der Waals surface area contributed by atoms with Crippen LogP contribution in [0, 0.1) is 0 Å². The van der Waals surface area contributed by atoms with Gasteiger partial charge in [-0.2, -0.15) is 0 Å². The van der Waals surface area contributed by atoms with E-state index in [2.05, 4.69) is 0 Å². The van der Waals surface area contributed by atoms with Crippen molar-refractivity contribution in [1.29, 1.82) is 0 Å². The van der Waals surface area contributed by atoms with Gasteiger partial charge in [0.05, 0.1) is 10.9 Å². The molecule has 0 spiro atoms. The lowest BCUT2D eigenvalue weighted by Gasteiger charge is -2.07. The highest BCUT2D eigenvalue weighted by molar-refractivity contribution is 6.33. The molecular formula is C31H20Cl2O5. The number of hydrogen-bond donors (Lipinski definition) is 0. The quantitative estimate of drug-likeness (QED) is 0.118. The van der Waals surface area contributed by atoms with Crippen molar-refractivity contribution in [1.82, 2.24) is 0 Å². The summed E-state index contributed by atoms with van der Waals surface area (Å²) in [6.07, 6.45) is 4.33. The summed E-state index contributed by atoms with van der Waals surface area (Å²) in [5, 5.41) is 1.49. The van der Waals surface area contributed by atoms with E-state index in [0.717, 1.165) is 11.1 Å². The Morgan fingerprint density at radius 2 is 1.58 bits per heavy atom. The van der Waals surface area contributed by atoms with Gasteiger partial charge in [0.15, 0.2) is 0 Å². The smallest absolute Gasteiger partial charge is 0.336 e. The number of ether oxygens (including phenoxy) is 2. The Hall–Kier alpha value is -4.32. The largest absolute Gasteiger partial charge is 0.489 e. The van der Waals surface area contributed by atoms with Crippen LogP contribution in [0.2, 0.25) is 10.0 Å². The molecule has 7 heteroatoms. The lowest BCUT2D eigenvalue weighted by atomic mass is 10.1. The summed E-state index contributed by atoms with van der Waals surface area (Å²) in [5.74, 6) is 0.393. The minimum Gasteiger partial charge on any atom is -0.489 e. The highest BCUT2D eigenvalue weighted by Crippen LogP contribution is 2.28. The second kappa shape index (κ2) is 11.4. The summed E-state index contributed by atoms with van der Waals surface area (Å²) in [5.41, 5.74) is 2.84. The lowest BCUT2D eigenvalue weighted by molar-refractivity contribution is -0.128. The molecule has 0 bridgehead atoms. The van der Waals surface area contributed by atoms with E-state index in [1.54, 1.807) is 42.5 Å². The molecule has 1 aromatic heterocycles. The minimum atomic E-state index is -0.567. The summed E-state index contributed by atoms with van der Waals surface area (Å²) in [4.78, 5) is 25.3. The molecule has 0 fully saturated rings. The van der Waals surface area contributed by atoms with E-state index in [4.69, 9.17) is 37.1 Å². The van der Waals surface area contributed by atoms with Gasteiger partial charge in [0.25, 0.3) is 0 Å². The van der Waals surface area contributed by atoms with Crippen LogP contribution in [0.3, 0.4) is 0 Å². The maximum absolute atomic E-state index is 13.0. The van der Waals surface area contributed by atoms with E-state index >= 15 is 0 Å². The van der Waals surface area contributed by atoms with Crippen molar-refractivity contribution < 1.29 is 18.7 Å². The molecule has 0 aliphatic heterocycles. The molecule has 5 rings (SSSR count). The van der Waals surface area contributed by atoms with Crippen molar-refractivity contribution >= 4 is 46.2 Å². The number of carbonyl (C=O) groups excluding carboxylic acids is 1. The Balaban J connectivity index is 1.22. The Morgan fingerprint density at radius 3 is 2.34 bits per heavy atom. The van der Waals surface area contributed by atoms with Crippen molar-refractivity contribution in [2.24, 2.45) is 0 Å². The van der Waals surface area contributed by atoms with Gasteiger partial charge in [0.1, 0.15) is 30.0 Å². The maximum atomic E-state index is 13.0. The molecule has 5 aromatic rings. The third-order valence-electron chi connectivity index (χ3n) is 5.74. The molecule has 0 N–H and O–H groups in total. The van der Waals surface area contributed by atoms with Crippen molar-refractivity contribution in [3.8, 4) is 22.6 Å². The van der Waals surface area contributed by atoms with Gasteiger partial charge in [-0.1, -0.05) is 65.7 Å². The number of carbonyl (C=O) groups is 1. The predicted molar refractivity (Wildman–Crippen MR) is 150 cm³/mol. The molecule has 188 valence electrons. The normalized spacial score (nSPS) is 11.1. The fourth-order valence-electron chi connectivity index (χ4n) is 3.77. The Bertz CT molecular complexity index is 1690. The van der Waals surface area contributed by atoms with E-state index in [1.807, 2.05) is 48.5 Å². The van der Waals surface area contributed by atoms with Gasteiger partial charge in [0, 0.05) is 27.8 Å². The van der Waals surface area contributed by atoms with Gasteiger partial charge < -0.3 is 13.9 Å². The fourth-order valence-corrected chi connectivity index (χ4v) is 4.14. The SMILES string of the molecule is O=C(/C=C/c1ccc(OCc2ccc(Cl)cc2)cc1)Oc1ccc2c(=O)c(-c3ccccc3Cl)coc2c1. The molecule has 0 aliphatic rings. The monoisotopic (exact) mass is 542 g/mol. The van der Waals surface area contributed by atoms with Crippen LogP contribution in [0.1, 0.15) is 11.1 Å². The van der Waals surface area contributed by atoms with E-state index in [9.17, 15) is 9.59 Å². The topological polar surface area (TPSA) is 65.7 Å². The molecular weight excluding hydrogens is 523 g/mol. The number of halogens is 2. The minimum absolute atomic E-state index is 0.224. The first-order valence-corrected chi connectivity index (χ1v) is 12.4. The Kier molecular flexibility index (Phi) is 7.59. The van der Waals surface area contributed by atoms with Crippen LogP contribution in [0.4, 0.5) is 0 Å². The van der Waals surface area contributed by atoms with Gasteiger partial charge in [0.2, 0.25) is 5.43 Å². The number of rotatable bonds is 7. The van der Waals surface area contributed by atoms with Gasteiger partial charge in [-0.25, -0.2) is 4.79 Å². The van der Waals surface area contributed by atoms with Crippen LogP contribution in [0.15, 0.2) is 113 Å². The Morgan fingerprint density at radius 1 is 0.842 bits per heavy atom. The molecule has 38 heavy (non-hydrogen) atoms. The van der Waals surface area contributed by atoms with Crippen LogP contribution in [-0.4, -0.2) is 5.97 Å². The zero-order valence-corrected chi connectivity index (χ0v) is 21.4. The molecule has 0 unspecified atom stereocenters. The fraction of sp³-hybridized carbons (Fsp3) is 0.0323.